The van der Waals surface area contributed by atoms with Gasteiger partial charge >= 0.3 is 0 Å². The number of aryl methyl sites for hydroxylation is 2. The Labute approximate surface area is 71.4 Å². The molecule has 1 aromatic heterocycles. The molecule has 0 aliphatic carbocycles. The maximum absolute atomic E-state index is 10.0. The summed E-state index contributed by atoms with van der Waals surface area (Å²) in [6, 6.07) is 3.60. The van der Waals surface area contributed by atoms with Gasteiger partial charge in [0.05, 0.1) is 0 Å². The smallest absolute Gasteiger partial charge is 0.157 e. The van der Waals surface area contributed by atoms with E-state index in [1.807, 2.05) is 13.8 Å². The average Bonchev–Trinajstić information content (AvgIpc) is 1.99. The zero-order valence-corrected chi connectivity index (χ0v) is 7.20. The lowest BCUT2D eigenvalue weighted by Crippen LogP contribution is -1.99. The van der Waals surface area contributed by atoms with Crippen molar-refractivity contribution in [2.24, 2.45) is 0 Å². The van der Waals surface area contributed by atoms with E-state index in [9.17, 15) is 4.79 Å². The van der Waals surface area contributed by atoms with E-state index in [2.05, 4.69) is 4.98 Å². The highest BCUT2D eigenvalue weighted by Gasteiger charge is 1.96. The molecule has 0 aliphatic heterocycles. The van der Waals surface area contributed by atoms with Gasteiger partial charge in [-0.3, -0.25) is 9.78 Å². The highest BCUT2D eigenvalue weighted by atomic mass is 16.5. The van der Waals surface area contributed by atoms with Crippen molar-refractivity contribution in [1.29, 1.82) is 0 Å². The molecule has 0 unspecified atom stereocenters. The van der Waals surface area contributed by atoms with Crippen LogP contribution in [0.4, 0.5) is 0 Å². The van der Waals surface area contributed by atoms with Gasteiger partial charge in [0.25, 0.3) is 0 Å². The Hall–Kier alpha value is -1.38. The molecule has 1 rings (SSSR count). The van der Waals surface area contributed by atoms with E-state index in [-0.39, 0.29) is 6.61 Å². The Morgan fingerprint density at radius 2 is 2.00 bits per heavy atom. The summed E-state index contributed by atoms with van der Waals surface area (Å²) < 4.78 is 5.11. The second-order valence-electron chi connectivity index (χ2n) is 2.56. The lowest BCUT2D eigenvalue weighted by molar-refractivity contribution is -0.109. The number of nitrogens with zero attached hydrogens (tertiary/aromatic N) is 1. The molecule has 0 aromatic carbocycles. The van der Waals surface area contributed by atoms with Crippen molar-refractivity contribution in [1.82, 2.24) is 4.98 Å². The molecule has 0 aliphatic rings. The summed E-state index contributed by atoms with van der Waals surface area (Å²) in [4.78, 5) is 14.2. The van der Waals surface area contributed by atoms with E-state index in [1.165, 1.54) is 0 Å². The summed E-state index contributed by atoms with van der Waals surface area (Å²) in [6.07, 6.45) is 0.727. The molecule has 0 N–H and O–H groups in total. The molecule has 0 atom stereocenters. The molecule has 0 fully saturated rings. The van der Waals surface area contributed by atoms with Gasteiger partial charge in [-0.25, -0.2) is 0 Å². The number of carbonyl (C=O) groups is 1. The van der Waals surface area contributed by atoms with E-state index < -0.39 is 0 Å². The van der Waals surface area contributed by atoms with Crippen LogP contribution in [0.2, 0.25) is 0 Å². The maximum atomic E-state index is 10.0. The van der Waals surface area contributed by atoms with Crippen molar-refractivity contribution in [2.75, 3.05) is 6.61 Å². The van der Waals surface area contributed by atoms with E-state index >= 15 is 0 Å². The minimum absolute atomic E-state index is 0.100. The number of aldehydes is 1. The molecular formula is C9H11NO2. The van der Waals surface area contributed by atoms with Gasteiger partial charge < -0.3 is 4.74 Å². The summed E-state index contributed by atoms with van der Waals surface area (Å²) >= 11 is 0. The summed E-state index contributed by atoms with van der Waals surface area (Å²) in [7, 11) is 0. The first-order valence-electron chi connectivity index (χ1n) is 3.74. The second kappa shape index (κ2) is 3.85. The molecule has 1 aromatic rings. The number of aromatic nitrogens is 1. The number of hydrogen-bond acceptors (Lipinski definition) is 3. The number of rotatable bonds is 3. The zero-order valence-electron chi connectivity index (χ0n) is 7.20. The fourth-order valence-electron chi connectivity index (χ4n) is 1.01. The standard InChI is InChI=1S/C9H11NO2/c1-7-5-9(12-4-3-11)6-8(2)10-7/h3,5-6H,4H2,1-2H3. The Bertz CT molecular complexity index is 264. The molecule has 12 heavy (non-hydrogen) atoms. The predicted octanol–water partition coefficient (Wildman–Crippen LogP) is 1.28. The van der Waals surface area contributed by atoms with E-state index in [0.29, 0.717) is 5.75 Å². The normalized spacial score (nSPS) is 9.50. The Kier molecular flexibility index (Phi) is 2.80. The van der Waals surface area contributed by atoms with Crippen molar-refractivity contribution < 1.29 is 9.53 Å². The SMILES string of the molecule is Cc1cc(OCC=O)cc(C)n1. The van der Waals surface area contributed by atoms with Gasteiger partial charge in [0.15, 0.2) is 6.29 Å². The van der Waals surface area contributed by atoms with Crippen LogP contribution in [0, 0.1) is 13.8 Å². The first kappa shape index (κ1) is 8.71. The fraction of sp³-hybridized carbons (Fsp3) is 0.333. The molecule has 0 bridgehead atoms. The van der Waals surface area contributed by atoms with Crippen LogP contribution in [-0.4, -0.2) is 17.9 Å². The van der Waals surface area contributed by atoms with Crippen molar-refractivity contribution in [3.05, 3.63) is 23.5 Å². The van der Waals surface area contributed by atoms with Gasteiger partial charge in [-0.1, -0.05) is 0 Å². The first-order chi connectivity index (χ1) is 5.72. The topological polar surface area (TPSA) is 39.2 Å². The summed E-state index contributed by atoms with van der Waals surface area (Å²) in [6.45, 7) is 3.88. The molecule has 0 saturated carbocycles. The van der Waals surface area contributed by atoms with Crippen LogP contribution in [0.3, 0.4) is 0 Å². The van der Waals surface area contributed by atoms with Crippen LogP contribution in [0.15, 0.2) is 12.1 Å². The highest BCUT2D eigenvalue weighted by Crippen LogP contribution is 2.12. The third-order valence-electron chi connectivity index (χ3n) is 1.37. The monoisotopic (exact) mass is 165 g/mol. The third-order valence-corrected chi connectivity index (χ3v) is 1.37. The minimum atomic E-state index is 0.100. The Morgan fingerprint density at radius 3 is 2.50 bits per heavy atom. The van der Waals surface area contributed by atoms with Crippen molar-refractivity contribution in [2.45, 2.75) is 13.8 Å². The van der Waals surface area contributed by atoms with Crippen LogP contribution in [0.1, 0.15) is 11.4 Å². The lowest BCUT2D eigenvalue weighted by atomic mass is 10.3. The minimum Gasteiger partial charge on any atom is -0.486 e. The second-order valence-corrected chi connectivity index (χ2v) is 2.56. The highest BCUT2D eigenvalue weighted by molar-refractivity contribution is 5.51. The first-order valence-corrected chi connectivity index (χ1v) is 3.74. The lowest BCUT2D eigenvalue weighted by Gasteiger charge is -2.03. The van der Waals surface area contributed by atoms with Gasteiger partial charge in [-0.15, -0.1) is 0 Å². The molecule has 0 radical (unpaired) electrons. The molecule has 0 saturated heterocycles. The van der Waals surface area contributed by atoms with Crippen LogP contribution in [0.5, 0.6) is 5.75 Å². The van der Waals surface area contributed by atoms with Gasteiger partial charge in [-0.2, -0.15) is 0 Å². The molecule has 0 spiro atoms. The molecule has 64 valence electrons. The van der Waals surface area contributed by atoms with Crippen molar-refractivity contribution in [3.8, 4) is 5.75 Å². The quantitative estimate of drug-likeness (QED) is 0.633. The Balaban J connectivity index is 2.78. The number of hydrogen-bond donors (Lipinski definition) is 0. The van der Waals surface area contributed by atoms with E-state index in [0.717, 1.165) is 17.7 Å². The van der Waals surface area contributed by atoms with E-state index in [4.69, 9.17) is 4.74 Å². The summed E-state index contributed by atoms with van der Waals surface area (Å²) in [5.41, 5.74) is 1.80. The van der Waals surface area contributed by atoms with Crippen molar-refractivity contribution >= 4 is 6.29 Å². The van der Waals surface area contributed by atoms with Crippen LogP contribution in [0.25, 0.3) is 0 Å². The third kappa shape index (κ3) is 2.34. The van der Waals surface area contributed by atoms with Crippen LogP contribution >= 0.6 is 0 Å². The predicted molar refractivity (Wildman–Crippen MR) is 45.3 cm³/mol. The fourth-order valence-corrected chi connectivity index (χ4v) is 1.01. The van der Waals surface area contributed by atoms with Gasteiger partial charge in [0, 0.05) is 23.5 Å². The summed E-state index contributed by atoms with van der Waals surface area (Å²) in [5, 5.41) is 0. The van der Waals surface area contributed by atoms with E-state index in [1.54, 1.807) is 12.1 Å². The molecule has 0 amide bonds. The average molecular weight is 165 g/mol. The summed E-state index contributed by atoms with van der Waals surface area (Å²) in [5.74, 6) is 0.701. The largest absolute Gasteiger partial charge is 0.486 e. The van der Waals surface area contributed by atoms with Gasteiger partial charge in [0.1, 0.15) is 12.4 Å². The molecule has 3 nitrogen and oxygen atoms in total. The Morgan fingerprint density at radius 1 is 1.42 bits per heavy atom. The van der Waals surface area contributed by atoms with Gasteiger partial charge in [-0.05, 0) is 13.8 Å². The van der Waals surface area contributed by atoms with Crippen molar-refractivity contribution in [3.63, 3.8) is 0 Å². The van der Waals surface area contributed by atoms with Crippen LogP contribution < -0.4 is 4.74 Å². The zero-order chi connectivity index (χ0) is 8.97. The maximum Gasteiger partial charge on any atom is 0.157 e. The molecular weight excluding hydrogens is 154 g/mol. The number of carbonyl (C=O) groups excluding carboxylic acids is 1. The molecule has 1 heterocycles. The molecule has 3 heteroatoms. The van der Waals surface area contributed by atoms with Gasteiger partial charge in [0.2, 0.25) is 0 Å². The number of ether oxygens (including phenoxy) is 1. The number of pyridine rings is 1. The van der Waals surface area contributed by atoms with Crippen LogP contribution in [-0.2, 0) is 4.79 Å².